The Morgan fingerprint density at radius 1 is 1.11 bits per heavy atom. The monoisotopic (exact) mass is 177 g/mol. The second kappa shape index (κ2) is 10.0. The van der Waals surface area contributed by atoms with E-state index in [-0.39, 0.29) is 17.4 Å². The minimum Gasteiger partial charge on any atom is -0.356 e. The molecule has 0 aromatic rings. The number of hydrogen-bond donors (Lipinski definition) is 1. The van der Waals surface area contributed by atoms with Gasteiger partial charge in [-0.2, -0.15) is 0 Å². The smallest absolute Gasteiger partial charge is 0.291 e. The molecule has 0 spiro atoms. The van der Waals surface area contributed by atoms with Crippen LogP contribution in [0.25, 0.3) is 0 Å². The predicted octanol–water partition coefficient (Wildman–Crippen LogP) is -0.589. The Balaban J connectivity index is -0.0000000720. The summed E-state index contributed by atoms with van der Waals surface area (Å²) in [5.74, 6) is 0. The molecular weight excluding hydrogens is 176 g/mol. The zero-order valence-electron chi connectivity index (χ0n) is 3.79. The summed E-state index contributed by atoms with van der Waals surface area (Å²) in [5.41, 5.74) is 0. The number of hydrogen-bond acceptors (Lipinski definition) is 5. The van der Waals surface area contributed by atoms with E-state index in [0.717, 1.165) is 0 Å². The number of nitrogens with zero attached hydrogens (tertiary/aromatic N) is 2. The van der Waals surface area contributed by atoms with Crippen LogP contribution in [0.3, 0.4) is 0 Å². The summed E-state index contributed by atoms with van der Waals surface area (Å²) in [5, 5.41) is 28.4. The summed E-state index contributed by atoms with van der Waals surface area (Å²) in [4.78, 5) is 16.6. The molecule has 0 aromatic carbocycles. The summed E-state index contributed by atoms with van der Waals surface area (Å²) in [6.07, 6.45) is 0. The Bertz CT molecular complexity index is 69.1. The van der Waals surface area contributed by atoms with Crippen molar-refractivity contribution in [2.75, 3.05) is 0 Å². The molecule has 9 heavy (non-hydrogen) atoms. The summed E-state index contributed by atoms with van der Waals surface area (Å²) in [7, 11) is 0. The molecule has 1 N–H and O–H groups in total. The molecule has 0 bridgehead atoms. The first-order valence-electron chi connectivity index (χ1n) is 1.11. The van der Waals surface area contributed by atoms with Gasteiger partial charge in [0.05, 0.1) is 5.09 Å². The first kappa shape index (κ1) is 15.7. The van der Waals surface area contributed by atoms with E-state index in [1.54, 1.807) is 0 Å². The van der Waals surface area contributed by atoms with E-state index in [1.807, 2.05) is 0 Å². The van der Waals surface area contributed by atoms with Crippen molar-refractivity contribution < 1.29 is 32.7 Å². The third kappa shape index (κ3) is 148. The van der Waals surface area contributed by atoms with Crippen molar-refractivity contribution in [2.45, 2.75) is 0 Å². The Kier molecular flexibility index (Phi) is 17.5. The van der Waals surface area contributed by atoms with Crippen LogP contribution in [-0.4, -0.2) is 15.4 Å². The molecule has 54 valence electrons. The summed E-state index contributed by atoms with van der Waals surface area (Å²) in [6, 6.07) is 0. The van der Waals surface area contributed by atoms with Gasteiger partial charge in [0.15, 0.2) is 0 Å². The van der Waals surface area contributed by atoms with E-state index < -0.39 is 10.2 Å². The van der Waals surface area contributed by atoms with Crippen LogP contribution in [0, 0.1) is 25.4 Å². The van der Waals surface area contributed by atoms with E-state index in [0.29, 0.717) is 0 Å². The predicted molar refractivity (Wildman–Crippen MR) is 19.1 cm³/mol. The van der Waals surface area contributed by atoms with E-state index >= 15 is 0 Å². The van der Waals surface area contributed by atoms with Gasteiger partial charge >= 0.3 is 0 Å². The zero-order valence-corrected chi connectivity index (χ0v) is 5.07. The normalized spacial score (nSPS) is 5.33. The SMILES string of the molecule is O=[N+]([O-])O.O=[N+]([O-])[O-].[Cr]. The fraction of sp³-hybridized carbons (Fsp3) is 0. The van der Waals surface area contributed by atoms with Crippen molar-refractivity contribution in [1.82, 2.24) is 0 Å². The van der Waals surface area contributed by atoms with Crippen molar-refractivity contribution >= 4 is 0 Å². The Morgan fingerprint density at radius 3 is 1.11 bits per heavy atom. The van der Waals surface area contributed by atoms with Crippen LogP contribution in [0.15, 0.2) is 0 Å². The van der Waals surface area contributed by atoms with Crippen LogP contribution in [-0.2, 0) is 17.4 Å². The van der Waals surface area contributed by atoms with Crippen LogP contribution in [0.1, 0.15) is 0 Å². The molecule has 0 fully saturated rings. The molecule has 9 heteroatoms. The van der Waals surface area contributed by atoms with Gasteiger partial charge in [-0.05, 0) is 0 Å². The molecule has 0 atom stereocenters. The topological polar surface area (TPSA) is 130 Å². The third-order valence-corrected chi connectivity index (χ3v) is 0. The minimum atomic E-state index is -1.75. The van der Waals surface area contributed by atoms with Gasteiger partial charge in [-0.3, -0.25) is 0 Å². The summed E-state index contributed by atoms with van der Waals surface area (Å²) >= 11 is 0. The van der Waals surface area contributed by atoms with Gasteiger partial charge in [-0.1, -0.05) is 0 Å². The molecule has 0 saturated carbocycles. The minimum absolute atomic E-state index is 0. The maximum atomic E-state index is 8.36. The molecule has 0 unspecified atom stereocenters. The quantitative estimate of drug-likeness (QED) is 0.388. The Morgan fingerprint density at radius 2 is 1.11 bits per heavy atom. The van der Waals surface area contributed by atoms with Crippen LogP contribution >= 0.6 is 0 Å². The maximum absolute atomic E-state index is 8.36. The Hall–Kier alpha value is -1.07. The maximum Gasteiger partial charge on any atom is 0.291 e. The van der Waals surface area contributed by atoms with Crippen molar-refractivity contribution in [3.05, 3.63) is 25.4 Å². The van der Waals surface area contributed by atoms with Crippen molar-refractivity contribution in [1.29, 1.82) is 0 Å². The molecule has 0 amide bonds. The first-order chi connectivity index (χ1) is 3.46. The fourth-order valence-electron chi connectivity index (χ4n) is 0. The average Bonchev–Trinajstić information content (AvgIpc) is 1.25. The zero-order chi connectivity index (χ0) is 7.15. The first-order valence-corrected chi connectivity index (χ1v) is 1.11. The second-order valence-corrected chi connectivity index (χ2v) is 0.461. The molecule has 0 saturated heterocycles. The van der Waals surface area contributed by atoms with E-state index in [1.165, 1.54) is 0 Å². The van der Waals surface area contributed by atoms with Gasteiger partial charge in [-0.15, -0.1) is 10.1 Å². The fourth-order valence-corrected chi connectivity index (χ4v) is 0. The standard InChI is InChI=1S/Cr.HNO3.NO3/c;2*2-1(3)4/h;(H,2,3,4);/q;;-1. The van der Waals surface area contributed by atoms with Crippen molar-refractivity contribution in [2.24, 2.45) is 0 Å². The van der Waals surface area contributed by atoms with Crippen LogP contribution in [0.5, 0.6) is 0 Å². The van der Waals surface area contributed by atoms with Gasteiger partial charge in [0.2, 0.25) is 0 Å². The molecule has 0 rings (SSSR count). The third-order valence-electron chi connectivity index (χ3n) is 0. The largest absolute Gasteiger partial charge is 0.356 e. The van der Waals surface area contributed by atoms with Gasteiger partial charge in [-0.25, -0.2) is 0 Å². The molecule has 0 aliphatic heterocycles. The molecule has 0 aliphatic rings. The van der Waals surface area contributed by atoms with Crippen LogP contribution < -0.4 is 0 Å². The van der Waals surface area contributed by atoms with E-state index in [4.69, 9.17) is 30.6 Å². The van der Waals surface area contributed by atoms with Crippen molar-refractivity contribution in [3.8, 4) is 0 Å². The molecule has 0 aliphatic carbocycles. The van der Waals surface area contributed by atoms with Gasteiger partial charge in [0.1, 0.15) is 0 Å². The van der Waals surface area contributed by atoms with Crippen LogP contribution in [0.2, 0.25) is 0 Å². The van der Waals surface area contributed by atoms with Gasteiger partial charge in [0.25, 0.3) is 5.09 Å². The number of rotatable bonds is 0. The second-order valence-electron chi connectivity index (χ2n) is 0.461. The van der Waals surface area contributed by atoms with Gasteiger partial charge < -0.3 is 20.5 Å². The molecular formula is HCrN2O6-. The van der Waals surface area contributed by atoms with E-state index in [9.17, 15) is 0 Å². The molecule has 0 heterocycles. The van der Waals surface area contributed by atoms with E-state index in [2.05, 4.69) is 0 Å². The summed E-state index contributed by atoms with van der Waals surface area (Å²) in [6.45, 7) is 0. The average molecular weight is 177 g/mol. The van der Waals surface area contributed by atoms with Crippen LogP contribution in [0.4, 0.5) is 0 Å². The van der Waals surface area contributed by atoms with Crippen molar-refractivity contribution in [3.63, 3.8) is 0 Å². The van der Waals surface area contributed by atoms with Gasteiger partial charge in [0, 0.05) is 17.4 Å². The molecule has 0 aromatic heterocycles. The Labute approximate surface area is 59.1 Å². The summed E-state index contributed by atoms with van der Waals surface area (Å²) < 4.78 is 0. The molecule has 8 nitrogen and oxygen atoms in total. The molecule has 0 radical (unpaired) electrons.